The van der Waals surface area contributed by atoms with Gasteiger partial charge in [0.2, 0.25) is 0 Å². The Hall–Kier alpha value is -2.55. The van der Waals surface area contributed by atoms with Crippen LogP contribution in [-0.2, 0) is 11.3 Å². The number of aromatic amines is 1. The van der Waals surface area contributed by atoms with Crippen molar-refractivity contribution in [2.45, 2.75) is 19.5 Å². The Bertz CT molecular complexity index is 1090. The maximum atomic E-state index is 12.7. The van der Waals surface area contributed by atoms with Crippen molar-refractivity contribution in [1.82, 2.24) is 19.8 Å². The molecule has 4 rings (SSSR count). The van der Waals surface area contributed by atoms with Gasteiger partial charge in [-0.15, -0.1) is 11.3 Å². The number of likely N-dealkylation sites (N-methyl/N-ethyl adjacent to an activating group) is 1. The van der Waals surface area contributed by atoms with Gasteiger partial charge >= 0.3 is 5.97 Å². The second kappa shape index (κ2) is 8.06. The lowest BCUT2D eigenvalue weighted by Gasteiger charge is -2.40. The van der Waals surface area contributed by atoms with Gasteiger partial charge in [-0.3, -0.25) is 9.69 Å². The molecule has 1 saturated heterocycles. The summed E-state index contributed by atoms with van der Waals surface area (Å²) in [5.41, 5.74) is 1.67. The SMILES string of the molecule is COC(=O)c1sc2nc(CN3CCN(C)CC3c3ccccc3)[nH]c(=O)c2c1C. The van der Waals surface area contributed by atoms with Crippen molar-refractivity contribution < 1.29 is 9.53 Å². The van der Waals surface area contributed by atoms with Crippen LogP contribution in [0, 0.1) is 6.92 Å². The topological polar surface area (TPSA) is 78.5 Å². The third kappa shape index (κ3) is 3.83. The van der Waals surface area contributed by atoms with Crippen molar-refractivity contribution in [3.8, 4) is 0 Å². The van der Waals surface area contributed by atoms with Crippen LogP contribution in [0.15, 0.2) is 35.1 Å². The number of aryl methyl sites for hydroxylation is 1. The molecule has 0 bridgehead atoms. The predicted molar refractivity (Wildman–Crippen MR) is 113 cm³/mol. The van der Waals surface area contributed by atoms with E-state index in [1.54, 1.807) is 6.92 Å². The van der Waals surface area contributed by atoms with Crippen LogP contribution >= 0.6 is 11.3 Å². The lowest BCUT2D eigenvalue weighted by molar-refractivity contribution is 0.0605. The highest BCUT2D eigenvalue weighted by molar-refractivity contribution is 7.20. The molecule has 3 heterocycles. The molecule has 1 atom stereocenters. The third-order valence-corrected chi connectivity index (χ3v) is 6.62. The first-order valence-corrected chi connectivity index (χ1v) is 10.4. The molecular weight excluding hydrogens is 388 g/mol. The first-order valence-electron chi connectivity index (χ1n) is 9.56. The van der Waals surface area contributed by atoms with Gasteiger partial charge in [-0.05, 0) is 25.1 Å². The maximum Gasteiger partial charge on any atom is 0.348 e. The van der Waals surface area contributed by atoms with Crippen LogP contribution in [0.1, 0.15) is 32.7 Å². The fourth-order valence-electron chi connectivity index (χ4n) is 3.88. The number of fused-ring (bicyclic) bond motifs is 1. The number of thiophene rings is 1. The second-order valence-electron chi connectivity index (χ2n) is 7.40. The van der Waals surface area contributed by atoms with E-state index in [2.05, 4.69) is 51.1 Å². The fraction of sp³-hybridized carbons (Fsp3) is 0.381. The Balaban J connectivity index is 1.67. The average molecular weight is 413 g/mol. The smallest absolute Gasteiger partial charge is 0.348 e. The molecule has 1 N–H and O–H groups in total. The Kier molecular flexibility index (Phi) is 5.49. The van der Waals surface area contributed by atoms with E-state index < -0.39 is 5.97 Å². The summed E-state index contributed by atoms with van der Waals surface area (Å²) in [4.78, 5) is 38.0. The molecule has 1 aromatic carbocycles. The van der Waals surface area contributed by atoms with Gasteiger partial charge in [-0.25, -0.2) is 9.78 Å². The minimum atomic E-state index is -0.436. The molecule has 0 spiro atoms. The summed E-state index contributed by atoms with van der Waals surface area (Å²) in [6.07, 6.45) is 0. The number of ether oxygens (including phenoxy) is 1. The minimum Gasteiger partial charge on any atom is -0.465 e. The molecule has 0 amide bonds. The molecule has 0 aliphatic carbocycles. The first-order chi connectivity index (χ1) is 14.0. The molecule has 0 radical (unpaired) electrons. The molecule has 1 aliphatic heterocycles. The summed E-state index contributed by atoms with van der Waals surface area (Å²) in [6, 6.07) is 10.6. The van der Waals surface area contributed by atoms with Gasteiger partial charge in [0, 0.05) is 25.7 Å². The molecular formula is C21H24N4O3S. The van der Waals surface area contributed by atoms with Crippen molar-refractivity contribution in [2.75, 3.05) is 33.8 Å². The van der Waals surface area contributed by atoms with E-state index in [4.69, 9.17) is 4.74 Å². The van der Waals surface area contributed by atoms with Gasteiger partial charge in [0.05, 0.1) is 19.0 Å². The zero-order chi connectivity index (χ0) is 20.5. The largest absolute Gasteiger partial charge is 0.465 e. The summed E-state index contributed by atoms with van der Waals surface area (Å²) in [6.45, 7) is 5.06. The number of carbonyl (C=O) groups is 1. The number of nitrogens with zero attached hydrogens (tertiary/aromatic N) is 3. The van der Waals surface area contributed by atoms with Gasteiger partial charge in [0.25, 0.3) is 5.56 Å². The molecule has 152 valence electrons. The average Bonchev–Trinajstić information content (AvgIpc) is 3.06. The van der Waals surface area contributed by atoms with E-state index in [-0.39, 0.29) is 11.6 Å². The molecule has 1 aliphatic rings. The van der Waals surface area contributed by atoms with Crippen LogP contribution in [0.5, 0.6) is 0 Å². The zero-order valence-corrected chi connectivity index (χ0v) is 17.6. The Morgan fingerprint density at radius 1 is 1.31 bits per heavy atom. The van der Waals surface area contributed by atoms with E-state index in [1.165, 1.54) is 24.0 Å². The van der Waals surface area contributed by atoms with Crippen molar-refractivity contribution in [3.05, 3.63) is 62.5 Å². The minimum absolute atomic E-state index is 0.209. The van der Waals surface area contributed by atoms with Gasteiger partial charge in [-0.2, -0.15) is 0 Å². The molecule has 7 nitrogen and oxygen atoms in total. The van der Waals surface area contributed by atoms with Crippen molar-refractivity contribution in [2.24, 2.45) is 0 Å². The molecule has 2 aromatic heterocycles. The number of carbonyl (C=O) groups excluding carboxylic acids is 1. The van der Waals surface area contributed by atoms with Gasteiger partial charge < -0.3 is 14.6 Å². The van der Waals surface area contributed by atoms with E-state index in [0.717, 1.165) is 19.6 Å². The number of nitrogens with one attached hydrogen (secondary N) is 1. The van der Waals surface area contributed by atoms with Crippen molar-refractivity contribution in [1.29, 1.82) is 0 Å². The standard InChI is InChI=1S/C21H24N4O3S/c1-13-17-19(26)22-16(23-20(17)29-18(13)21(27)28-3)12-25-10-9-24(2)11-15(25)14-7-5-4-6-8-14/h4-8,15H,9-12H2,1-3H3,(H,22,23,26). The number of hydrogen-bond donors (Lipinski definition) is 1. The fourth-order valence-corrected chi connectivity index (χ4v) is 5.00. The van der Waals surface area contributed by atoms with E-state index in [0.29, 0.717) is 33.0 Å². The number of piperazine rings is 1. The maximum absolute atomic E-state index is 12.7. The van der Waals surface area contributed by atoms with Crippen molar-refractivity contribution >= 4 is 27.5 Å². The monoisotopic (exact) mass is 412 g/mol. The van der Waals surface area contributed by atoms with Crippen LogP contribution in [0.2, 0.25) is 0 Å². The summed E-state index contributed by atoms with van der Waals surface area (Å²) in [5, 5.41) is 0.470. The highest BCUT2D eigenvalue weighted by Gasteiger charge is 2.28. The molecule has 1 unspecified atom stereocenters. The van der Waals surface area contributed by atoms with Crippen LogP contribution in [0.4, 0.5) is 0 Å². The van der Waals surface area contributed by atoms with Gasteiger partial charge in [0.15, 0.2) is 0 Å². The van der Waals surface area contributed by atoms with E-state index >= 15 is 0 Å². The lowest BCUT2D eigenvalue weighted by atomic mass is 10.0. The van der Waals surface area contributed by atoms with Crippen molar-refractivity contribution in [3.63, 3.8) is 0 Å². The summed E-state index contributed by atoms with van der Waals surface area (Å²) in [7, 11) is 3.47. The van der Waals surface area contributed by atoms with Crippen LogP contribution in [0.3, 0.4) is 0 Å². The number of rotatable bonds is 4. The molecule has 8 heteroatoms. The highest BCUT2D eigenvalue weighted by Crippen LogP contribution is 2.29. The van der Waals surface area contributed by atoms with E-state index in [1.807, 2.05) is 6.07 Å². The zero-order valence-electron chi connectivity index (χ0n) is 16.8. The third-order valence-electron chi connectivity index (χ3n) is 5.45. The number of aromatic nitrogens is 2. The predicted octanol–water partition coefficient (Wildman–Crippen LogP) is 2.57. The van der Waals surface area contributed by atoms with Gasteiger partial charge in [0.1, 0.15) is 15.5 Å². The van der Waals surface area contributed by atoms with E-state index in [9.17, 15) is 9.59 Å². The van der Waals surface area contributed by atoms with Crippen LogP contribution in [0.25, 0.3) is 10.2 Å². The number of hydrogen-bond acceptors (Lipinski definition) is 7. The van der Waals surface area contributed by atoms with Gasteiger partial charge in [-0.1, -0.05) is 30.3 Å². The van der Waals surface area contributed by atoms with Crippen LogP contribution < -0.4 is 5.56 Å². The Morgan fingerprint density at radius 3 is 2.79 bits per heavy atom. The normalized spacial score (nSPS) is 18.2. The highest BCUT2D eigenvalue weighted by atomic mass is 32.1. The number of esters is 1. The number of benzene rings is 1. The summed E-state index contributed by atoms with van der Waals surface area (Å²) < 4.78 is 4.83. The molecule has 29 heavy (non-hydrogen) atoms. The first kappa shape index (κ1) is 19.8. The van der Waals surface area contributed by atoms with Crippen LogP contribution in [-0.4, -0.2) is 59.5 Å². The summed E-state index contributed by atoms with van der Waals surface area (Å²) >= 11 is 1.21. The molecule has 0 saturated carbocycles. The second-order valence-corrected chi connectivity index (χ2v) is 8.40. The summed E-state index contributed by atoms with van der Waals surface area (Å²) in [5.74, 6) is 0.181. The molecule has 3 aromatic rings. The molecule has 1 fully saturated rings. The lowest BCUT2D eigenvalue weighted by Crippen LogP contribution is -2.46. The Labute approximate surface area is 172 Å². The quantitative estimate of drug-likeness (QED) is 0.664. The Morgan fingerprint density at radius 2 is 2.07 bits per heavy atom. The number of H-pyrrole nitrogens is 1. The number of methoxy groups -OCH3 is 1.